The first-order chi connectivity index (χ1) is 13.8. The summed E-state index contributed by atoms with van der Waals surface area (Å²) < 4.78 is 5.23. The lowest BCUT2D eigenvalue weighted by atomic mass is 9.79. The maximum atomic E-state index is 13.3. The maximum absolute atomic E-state index is 13.3. The van der Waals surface area contributed by atoms with E-state index in [4.69, 9.17) is 4.74 Å². The number of carboxylic acids is 1. The van der Waals surface area contributed by atoms with Gasteiger partial charge in [0.15, 0.2) is 0 Å². The third kappa shape index (κ3) is 3.19. The summed E-state index contributed by atoms with van der Waals surface area (Å²) in [5, 5.41) is 13.3. The van der Waals surface area contributed by atoms with Crippen molar-refractivity contribution < 1.29 is 24.2 Å². The van der Waals surface area contributed by atoms with E-state index in [9.17, 15) is 19.5 Å². The van der Waals surface area contributed by atoms with Crippen molar-refractivity contribution in [3.63, 3.8) is 0 Å². The molecule has 0 radical (unpaired) electrons. The molecule has 0 aromatic carbocycles. The van der Waals surface area contributed by atoms with Gasteiger partial charge in [-0.05, 0) is 70.3 Å². The molecule has 1 aromatic rings. The third-order valence-electron chi connectivity index (χ3n) is 6.64. The van der Waals surface area contributed by atoms with Gasteiger partial charge in [0.2, 0.25) is 5.91 Å². The number of carbonyl (C=O) groups is 3. The van der Waals surface area contributed by atoms with Crippen molar-refractivity contribution in [2.24, 2.45) is 23.7 Å². The highest BCUT2D eigenvalue weighted by atomic mass is 32.1. The summed E-state index contributed by atoms with van der Waals surface area (Å²) >= 11 is 1.43. The lowest BCUT2D eigenvalue weighted by Gasteiger charge is -2.26. The van der Waals surface area contributed by atoms with E-state index in [1.54, 1.807) is 6.92 Å². The number of aliphatic carboxylic acids is 1. The number of carboxylic acid groups (broad SMARTS) is 1. The topological polar surface area (TPSA) is 92.7 Å². The van der Waals surface area contributed by atoms with Gasteiger partial charge in [-0.2, -0.15) is 0 Å². The first-order valence-electron chi connectivity index (χ1n) is 10.4. The molecule has 29 heavy (non-hydrogen) atoms. The molecule has 1 heterocycles. The maximum Gasteiger partial charge on any atom is 0.341 e. The molecule has 1 amide bonds. The summed E-state index contributed by atoms with van der Waals surface area (Å²) in [6.07, 6.45) is 4.38. The standard InChI is InChI=1S/C22H27NO5S/c1-4-28-22(27)18-11-6-5-7-14(11)29-20(18)23-19(24)16-12-8-9-13(15(12)10(2)3)17(16)21(25)26/h12-13,16-17H,4-9H2,1-3H3,(H,23,24)(H,25,26)/t12-,13-,16+,17-/m0/s1. The van der Waals surface area contributed by atoms with Gasteiger partial charge < -0.3 is 15.2 Å². The molecule has 2 bridgehead atoms. The van der Waals surface area contributed by atoms with Crippen LogP contribution in [0.3, 0.4) is 0 Å². The van der Waals surface area contributed by atoms with E-state index in [0.717, 1.165) is 53.7 Å². The number of fused-ring (bicyclic) bond motifs is 3. The van der Waals surface area contributed by atoms with E-state index in [1.807, 2.05) is 13.8 Å². The highest BCUT2D eigenvalue weighted by Crippen LogP contribution is 2.57. The molecule has 0 unspecified atom stereocenters. The van der Waals surface area contributed by atoms with Crippen molar-refractivity contribution in [3.8, 4) is 0 Å². The van der Waals surface area contributed by atoms with Gasteiger partial charge in [-0.15, -0.1) is 11.3 Å². The van der Waals surface area contributed by atoms with Crippen molar-refractivity contribution in [3.05, 3.63) is 27.2 Å². The number of aryl methyl sites for hydroxylation is 1. The zero-order valence-corrected chi connectivity index (χ0v) is 17.9. The van der Waals surface area contributed by atoms with Gasteiger partial charge in [0.05, 0.1) is 24.0 Å². The van der Waals surface area contributed by atoms with Crippen LogP contribution in [0.25, 0.3) is 0 Å². The number of anilines is 1. The summed E-state index contributed by atoms with van der Waals surface area (Å²) in [7, 11) is 0. The van der Waals surface area contributed by atoms with Gasteiger partial charge in [-0.1, -0.05) is 11.1 Å². The van der Waals surface area contributed by atoms with Gasteiger partial charge in [0, 0.05) is 4.88 Å². The summed E-state index contributed by atoms with van der Waals surface area (Å²) in [5.74, 6) is -2.97. The highest BCUT2D eigenvalue weighted by molar-refractivity contribution is 7.17. The Morgan fingerprint density at radius 3 is 2.45 bits per heavy atom. The second-order valence-electron chi connectivity index (χ2n) is 8.41. The Kier molecular flexibility index (Phi) is 5.27. The molecule has 4 rings (SSSR count). The monoisotopic (exact) mass is 417 g/mol. The van der Waals surface area contributed by atoms with Crippen LogP contribution in [0.4, 0.5) is 5.00 Å². The van der Waals surface area contributed by atoms with Crippen LogP contribution in [0, 0.1) is 23.7 Å². The van der Waals surface area contributed by atoms with Crippen LogP contribution in [0.5, 0.6) is 0 Å². The zero-order valence-electron chi connectivity index (χ0n) is 17.0. The first kappa shape index (κ1) is 20.1. The smallest absolute Gasteiger partial charge is 0.341 e. The Morgan fingerprint density at radius 2 is 1.83 bits per heavy atom. The van der Waals surface area contributed by atoms with Crippen LogP contribution in [0.2, 0.25) is 0 Å². The second kappa shape index (κ2) is 7.59. The van der Waals surface area contributed by atoms with Crippen LogP contribution in [-0.2, 0) is 27.2 Å². The molecule has 4 atom stereocenters. The minimum absolute atomic E-state index is 0.0241. The molecule has 0 saturated heterocycles. The lowest BCUT2D eigenvalue weighted by Crippen LogP contribution is -2.38. The lowest BCUT2D eigenvalue weighted by molar-refractivity contribution is -0.148. The van der Waals surface area contributed by atoms with E-state index in [2.05, 4.69) is 5.32 Å². The number of ether oxygens (including phenoxy) is 1. The minimum atomic E-state index is -0.907. The van der Waals surface area contributed by atoms with Crippen LogP contribution in [0.1, 0.15) is 60.8 Å². The van der Waals surface area contributed by atoms with E-state index >= 15 is 0 Å². The van der Waals surface area contributed by atoms with Gasteiger partial charge in [0.1, 0.15) is 5.00 Å². The average Bonchev–Trinajstić information content (AvgIpc) is 3.39. The minimum Gasteiger partial charge on any atom is -0.481 e. The van der Waals surface area contributed by atoms with Crippen molar-refractivity contribution in [2.45, 2.75) is 52.9 Å². The second-order valence-corrected chi connectivity index (χ2v) is 9.51. The zero-order chi connectivity index (χ0) is 20.9. The quantitative estimate of drug-likeness (QED) is 0.557. The SMILES string of the molecule is CCOC(=O)c1c(NC(=O)[C@H]2[C@@H](C(=O)O)[C@H]3CC[C@H]2C3=C(C)C)sc2c1CCC2. The number of carbonyl (C=O) groups excluding carboxylic acids is 2. The van der Waals surface area contributed by atoms with Crippen LogP contribution >= 0.6 is 11.3 Å². The Balaban J connectivity index is 1.66. The number of amides is 1. The van der Waals surface area contributed by atoms with Crippen molar-refractivity contribution in [1.29, 1.82) is 0 Å². The number of nitrogens with one attached hydrogen (secondary N) is 1. The highest BCUT2D eigenvalue weighted by Gasteiger charge is 2.57. The summed E-state index contributed by atoms with van der Waals surface area (Å²) in [6.45, 7) is 6.04. The summed E-state index contributed by atoms with van der Waals surface area (Å²) in [4.78, 5) is 39.0. The molecule has 1 aromatic heterocycles. The molecule has 3 aliphatic carbocycles. The Hall–Kier alpha value is -2.15. The fourth-order valence-electron chi connectivity index (χ4n) is 5.71. The number of thiophene rings is 1. The van der Waals surface area contributed by atoms with Crippen LogP contribution < -0.4 is 5.32 Å². The number of rotatable bonds is 5. The van der Waals surface area contributed by atoms with Crippen molar-refractivity contribution in [2.75, 3.05) is 11.9 Å². The normalized spacial score (nSPS) is 27.1. The molecule has 2 saturated carbocycles. The molecular weight excluding hydrogens is 390 g/mol. The van der Waals surface area contributed by atoms with Crippen molar-refractivity contribution in [1.82, 2.24) is 0 Å². The Labute approximate surface area is 174 Å². The molecule has 2 fully saturated rings. The average molecular weight is 418 g/mol. The molecule has 0 spiro atoms. The molecule has 7 heteroatoms. The number of hydrogen-bond acceptors (Lipinski definition) is 5. The third-order valence-corrected chi connectivity index (χ3v) is 7.85. The largest absolute Gasteiger partial charge is 0.481 e. The Bertz CT molecular complexity index is 911. The van der Waals surface area contributed by atoms with Crippen LogP contribution in [-0.4, -0.2) is 29.6 Å². The number of allylic oxidation sites excluding steroid dienone is 2. The summed E-state index contributed by atoms with van der Waals surface area (Å²) in [5.41, 5.74) is 3.73. The van der Waals surface area contributed by atoms with Crippen molar-refractivity contribution >= 4 is 34.2 Å². The van der Waals surface area contributed by atoms with Crippen LogP contribution in [0.15, 0.2) is 11.1 Å². The molecule has 156 valence electrons. The van der Waals surface area contributed by atoms with Gasteiger partial charge in [0.25, 0.3) is 0 Å². The molecule has 0 aliphatic heterocycles. The number of hydrogen-bond donors (Lipinski definition) is 2. The van der Waals surface area contributed by atoms with E-state index < -0.39 is 23.8 Å². The van der Waals surface area contributed by atoms with E-state index in [0.29, 0.717) is 10.6 Å². The fraction of sp³-hybridized carbons (Fsp3) is 0.591. The predicted octanol–water partition coefficient (Wildman–Crippen LogP) is 4.05. The predicted molar refractivity (Wildman–Crippen MR) is 110 cm³/mol. The van der Waals surface area contributed by atoms with E-state index in [-0.39, 0.29) is 24.3 Å². The molecule has 2 N–H and O–H groups in total. The van der Waals surface area contributed by atoms with Gasteiger partial charge in [-0.25, -0.2) is 4.79 Å². The molecule has 6 nitrogen and oxygen atoms in total. The first-order valence-corrected chi connectivity index (χ1v) is 11.2. The summed E-state index contributed by atoms with van der Waals surface area (Å²) in [6, 6.07) is 0. The van der Waals surface area contributed by atoms with Gasteiger partial charge >= 0.3 is 11.9 Å². The fourth-order valence-corrected chi connectivity index (χ4v) is 6.99. The molecule has 3 aliphatic rings. The van der Waals surface area contributed by atoms with E-state index in [1.165, 1.54) is 11.3 Å². The molecular formula is C22H27NO5S. The Morgan fingerprint density at radius 1 is 1.14 bits per heavy atom. The number of esters is 1. The van der Waals surface area contributed by atoms with Gasteiger partial charge in [-0.3, -0.25) is 9.59 Å².